The van der Waals surface area contributed by atoms with Crippen molar-refractivity contribution in [1.29, 1.82) is 0 Å². The van der Waals surface area contributed by atoms with Crippen LogP contribution in [0, 0.1) is 6.92 Å². The molecule has 0 aliphatic carbocycles. The Labute approximate surface area is 159 Å². The molecule has 0 spiro atoms. The van der Waals surface area contributed by atoms with Gasteiger partial charge in [0, 0.05) is 43.7 Å². The SMILES string of the molecule is Cc1ccc(CNC(=O)[NH2+]c2ccc(S(=O)(=O)N3CCCCC3)cc2)cn1. The number of nitrogens with one attached hydrogen (secondary N) is 1. The number of carbonyl (C=O) groups excluding carboxylic acids is 1. The number of hydrogen-bond acceptors (Lipinski definition) is 4. The molecule has 8 heteroatoms. The van der Waals surface area contributed by atoms with Crippen LogP contribution < -0.4 is 10.6 Å². The van der Waals surface area contributed by atoms with E-state index in [0.717, 1.165) is 30.5 Å². The van der Waals surface area contributed by atoms with E-state index in [-0.39, 0.29) is 10.9 Å². The van der Waals surface area contributed by atoms with Gasteiger partial charge in [-0.05, 0) is 43.5 Å². The molecule has 1 aliphatic rings. The zero-order valence-electron chi connectivity index (χ0n) is 15.4. The normalized spacial score (nSPS) is 15.4. The number of nitrogens with two attached hydrogens (primary N) is 1. The second-order valence-electron chi connectivity index (χ2n) is 6.70. The van der Waals surface area contributed by atoms with Gasteiger partial charge in [-0.25, -0.2) is 18.5 Å². The molecule has 0 radical (unpaired) electrons. The fourth-order valence-electron chi connectivity index (χ4n) is 2.98. The van der Waals surface area contributed by atoms with E-state index in [9.17, 15) is 13.2 Å². The summed E-state index contributed by atoms with van der Waals surface area (Å²) in [4.78, 5) is 16.5. The van der Waals surface area contributed by atoms with Gasteiger partial charge in [0.1, 0.15) is 5.69 Å². The van der Waals surface area contributed by atoms with Gasteiger partial charge in [-0.2, -0.15) is 4.31 Å². The maximum absolute atomic E-state index is 12.6. The molecular formula is C19H25N4O3S+. The van der Waals surface area contributed by atoms with Crippen molar-refractivity contribution in [3.8, 4) is 0 Å². The maximum Gasteiger partial charge on any atom is 0.418 e. The first kappa shape index (κ1) is 19.5. The van der Waals surface area contributed by atoms with Gasteiger partial charge in [0.25, 0.3) is 0 Å². The van der Waals surface area contributed by atoms with Crippen LogP contribution >= 0.6 is 0 Å². The molecule has 0 bridgehead atoms. The lowest BCUT2D eigenvalue weighted by Gasteiger charge is -2.25. The Hall–Kier alpha value is -2.29. The number of aryl methyl sites for hydroxylation is 1. The molecule has 0 saturated carbocycles. The van der Waals surface area contributed by atoms with Gasteiger partial charge in [-0.15, -0.1) is 0 Å². The van der Waals surface area contributed by atoms with Crippen LogP contribution in [0.1, 0.15) is 30.5 Å². The lowest BCUT2D eigenvalue weighted by molar-refractivity contribution is -0.465. The number of amides is 2. The molecule has 1 aromatic heterocycles. The van der Waals surface area contributed by atoms with Crippen LogP contribution in [-0.2, 0) is 16.6 Å². The number of piperidine rings is 1. The summed E-state index contributed by atoms with van der Waals surface area (Å²) in [7, 11) is -3.45. The van der Waals surface area contributed by atoms with E-state index in [0.29, 0.717) is 25.3 Å². The number of carbonyl (C=O) groups is 1. The van der Waals surface area contributed by atoms with Crippen molar-refractivity contribution in [2.45, 2.75) is 37.6 Å². The first-order chi connectivity index (χ1) is 12.9. The summed E-state index contributed by atoms with van der Waals surface area (Å²) < 4.78 is 26.8. The van der Waals surface area contributed by atoms with Crippen LogP contribution in [0.2, 0.25) is 0 Å². The second kappa shape index (κ2) is 8.60. The van der Waals surface area contributed by atoms with Crippen molar-refractivity contribution in [2.24, 2.45) is 0 Å². The second-order valence-corrected chi connectivity index (χ2v) is 8.64. The third-order valence-electron chi connectivity index (χ3n) is 4.57. The van der Waals surface area contributed by atoms with Gasteiger partial charge in [0.15, 0.2) is 0 Å². The minimum Gasteiger partial charge on any atom is -0.301 e. The number of urea groups is 1. The topological polar surface area (TPSA) is 96.0 Å². The van der Waals surface area contributed by atoms with Crippen LogP contribution in [0.3, 0.4) is 0 Å². The van der Waals surface area contributed by atoms with E-state index < -0.39 is 10.0 Å². The van der Waals surface area contributed by atoms with E-state index in [1.54, 1.807) is 30.5 Å². The summed E-state index contributed by atoms with van der Waals surface area (Å²) >= 11 is 0. The Balaban J connectivity index is 1.56. The standard InChI is InChI=1S/C19H24N4O3S/c1-15-5-6-16(13-20-15)14-21-19(24)22-17-7-9-18(10-8-17)27(25,26)23-11-3-2-4-12-23/h5-10,13H,2-4,11-12,14H2,1H3,(H2,21,22,24)/p+1. The number of benzene rings is 1. The summed E-state index contributed by atoms with van der Waals surface area (Å²) in [5, 5.41) is 4.26. The largest absolute Gasteiger partial charge is 0.418 e. The molecule has 2 amide bonds. The van der Waals surface area contributed by atoms with E-state index in [4.69, 9.17) is 0 Å². The number of hydrogen-bond donors (Lipinski definition) is 2. The lowest BCUT2D eigenvalue weighted by atomic mass is 10.2. The van der Waals surface area contributed by atoms with Gasteiger partial charge >= 0.3 is 6.03 Å². The smallest absolute Gasteiger partial charge is 0.301 e. The Morgan fingerprint density at radius 2 is 1.81 bits per heavy atom. The van der Waals surface area contributed by atoms with Crippen LogP contribution in [0.25, 0.3) is 0 Å². The number of nitrogens with zero attached hydrogens (tertiary/aromatic N) is 2. The highest BCUT2D eigenvalue weighted by molar-refractivity contribution is 7.89. The number of primary amides is 1. The summed E-state index contributed by atoms with van der Waals surface area (Å²) in [6.07, 6.45) is 4.62. The predicted molar refractivity (Wildman–Crippen MR) is 102 cm³/mol. The number of pyridine rings is 1. The first-order valence-electron chi connectivity index (χ1n) is 9.09. The van der Waals surface area contributed by atoms with Crippen molar-refractivity contribution in [2.75, 3.05) is 13.1 Å². The Morgan fingerprint density at radius 3 is 2.44 bits per heavy atom. The van der Waals surface area contributed by atoms with Crippen LogP contribution in [0.15, 0.2) is 47.5 Å². The van der Waals surface area contributed by atoms with Crippen LogP contribution in [-0.4, -0.2) is 36.8 Å². The van der Waals surface area contributed by atoms with Gasteiger partial charge in [0.05, 0.1) is 4.90 Å². The minimum absolute atomic E-state index is 0.234. The number of quaternary nitrogens is 1. The number of rotatable bonds is 5. The van der Waals surface area contributed by atoms with Gasteiger partial charge in [0.2, 0.25) is 10.0 Å². The molecule has 0 atom stereocenters. The molecule has 2 aromatic rings. The summed E-state index contributed by atoms with van der Waals surface area (Å²) in [6.45, 7) is 3.45. The molecule has 1 aliphatic heterocycles. The first-order valence-corrected chi connectivity index (χ1v) is 10.5. The molecule has 3 N–H and O–H groups in total. The Bertz CT molecular complexity index is 874. The highest BCUT2D eigenvalue weighted by atomic mass is 32.2. The van der Waals surface area contributed by atoms with E-state index in [1.165, 1.54) is 9.62 Å². The van der Waals surface area contributed by atoms with E-state index in [1.807, 2.05) is 19.1 Å². The molecule has 27 heavy (non-hydrogen) atoms. The molecule has 2 heterocycles. The Kier molecular flexibility index (Phi) is 6.20. The number of aromatic nitrogens is 1. The fourth-order valence-corrected chi connectivity index (χ4v) is 4.50. The zero-order valence-corrected chi connectivity index (χ0v) is 16.2. The molecule has 1 fully saturated rings. The third-order valence-corrected chi connectivity index (χ3v) is 6.48. The molecule has 7 nitrogen and oxygen atoms in total. The van der Waals surface area contributed by atoms with Gasteiger partial charge in [-0.3, -0.25) is 4.98 Å². The molecule has 0 unspecified atom stereocenters. The maximum atomic E-state index is 12.6. The van der Waals surface area contributed by atoms with Gasteiger partial charge < -0.3 is 5.32 Å². The molecular weight excluding hydrogens is 364 g/mol. The summed E-state index contributed by atoms with van der Waals surface area (Å²) in [6, 6.07) is 10.0. The van der Waals surface area contributed by atoms with Crippen molar-refractivity contribution < 1.29 is 18.5 Å². The molecule has 3 rings (SSSR count). The average Bonchev–Trinajstić information content (AvgIpc) is 2.69. The highest BCUT2D eigenvalue weighted by Gasteiger charge is 2.25. The molecule has 1 saturated heterocycles. The number of sulfonamides is 1. The highest BCUT2D eigenvalue weighted by Crippen LogP contribution is 2.20. The molecule has 1 aromatic carbocycles. The van der Waals surface area contributed by atoms with Crippen LogP contribution in [0.5, 0.6) is 0 Å². The lowest BCUT2D eigenvalue weighted by Crippen LogP contribution is -2.85. The summed E-state index contributed by atoms with van der Waals surface area (Å²) in [5.74, 6) is 0. The van der Waals surface area contributed by atoms with Gasteiger partial charge in [-0.1, -0.05) is 12.5 Å². The monoisotopic (exact) mass is 389 g/mol. The van der Waals surface area contributed by atoms with Crippen molar-refractivity contribution >= 4 is 21.7 Å². The third kappa shape index (κ3) is 5.12. The quantitative estimate of drug-likeness (QED) is 0.761. The van der Waals surface area contributed by atoms with Crippen molar-refractivity contribution in [3.63, 3.8) is 0 Å². The Morgan fingerprint density at radius 1 is 1.11 bits per heavy atom. The fraction of sp³-hybridized carbons (Fsp3) is 0.368. The van der Waals surface area contributed by atoms with Crippen LogP contribution in [0.4, 0.5) is 10.5 Å². The molecule has 144 valence electrons. The van der Waals surface area contributed by atoms with E-state index >= 15 is 0 Å². The van der Waals surface area contributed by atoms with Crippen molar-refractivity contribution in [3.05, 3.63) is 53.9 Å². The van der Waals surface area contributed by atoms with Crippen molar-refractivity contribution in [1.82, 2.24) is 14.6 Å². The average molecular weight is 390 g/mol. The predicted octanol–water partition coefficient (Wildman–Crippen LogP) is 1.67. The zero-order chi connectivity index (χ0) is 19.3. The van der Waals surface area contributed by atoms with E-state index in [2.05, 4.69) is 10.3 Å². The summed E-state index contributed by atoms with van der Waals surface area (Å²) in [5.41, 5.74) is 2.51. The minimum atomic E-state index is -3.45.